The smallest absolute Gasteiger partial charge is 0.116 e. The van der Waals surface area contributed by atoms with E-state index in [9.17, 15) is 0 Å². The summed E-state index contributed by atoms with van der Waals surface area (Å²) >= 11 is 0. The lowest BCUT2D eigenvalue weighted by atomic mass is 10.3. The molecule has 0 aromatic heterocycles. The number of aromatic hydroxyl groups is 1. The molecule has 0 aliphatic carbocycles. The molecule has 2 N–H and O–H groups in total. The number of rotatable bonds is 3. The Kier molecular flexibility index (Phi) is 2.74. The van der Waals surface area contributed by atoms with Crippen molar-refractivity contribution in [1.29, 1.82) is 0 Å². The summed E-state index contributed by atoms with van der Waals surface area (Å²) in [6, 6.07) is 6.82. The predicted molar refractivity (Wildman–Crippen MR) is 43.6 cm³/mol. The third kappa shape index (κ3) is 2.47. The summed E-state index contributed by atoms with van der Waals surface area (Å²) < 4.78 is 4.80. The number of methoxy groups -OCH3 is 1. The minimum absolute atomic E-state index is 0.271. The second kappa shape index (κ2) is 3.83. The van der Waals surface area contributed by atoms with Crippen molar-refractivity contribution in [2.75, 3.05) is 19.2 Å². The van der Waals surface area contributed by atoms with Gasteiger partial charge in [0.15, 0.2) is 0 Å². The Morgan fingerprint density at radius 1 is 1.36 bits per heavy atom. The van der Waals surface area contributed by atoms with Crippen molar-refractivity contribution >= 4 is 5.69 Å². The van der Waals surface area contributed by atoms with Gasteiger partial charge in [-0.3, -0.25) is 0 Å². The maximum atomic E-state index is 8.92. The van der Waals surface area contributed by atoms with Crippen molar-refractivity contribution in [3.8, 4) is 5.75 Å². The fraction of sp³-hybridized carbons (Fsp3) is 0.250. The highest BCUT2D eigenvalue weighted by Crippen LogP contribution is 2.12. The third-order valence-corrected chi connectivity index (χ3v) is 1.29. The monoisotopic (exact) mass is 153 g/mol. The summed E-state index contributed by atoms with van der Waals surface area (Å²) in [7, 11) is 1.62. The normalized spacial score (nSPS) is 9.55. The van der Waals surface area contributed by atoms with Crippen LogP contribution in [0.2, 0.25) is 0 Å². The molecular formula is C8H11NO2. The first-order chi connectivity index (χ1) is 5.33. The maximum Gasteiger partial charge on any atom is 0.116 e. The van der Waals surface area contributed by atoms with Crippen molar-refractivity contribution in [2.45, 2.75) is 0 Å². The van der Waals surface area contributed by atoms with Gasteiger partial charge in [0.2, 0.25) is 0 Å². The molecule has 3 nitrogen and oxygen atoms in total. The molecule has 0 unspecified atom stereocenters. The minimum Gasteiger partial charge on any atom is -0.508 e. The number of hydrogen-bond acceptors (Lipinski definition) is 3. The fourth-order valence-electron chi connectivity index (χ4n) is 0.735. The highest BCUT2D eigenvalue weighted by molar-refractivity contribution is 5.45. The maximum absolute atomic E-state index is 8.92. The molecule has 0 aliphatic heterocycles. The van der Waals surface area contributed by atoms with Crippen LogP contribution in [0.15, 0.2) is 24.3 Å². The lowest BCUT2D eigenvalue weighted by Crippen LogP contribution is -2.02. The molecule has 11 heavy (non-hydrogen) atoms. The van der Waals surface area contributed by atoms with Crippen LogP contribution in [0.4, 0.5) is 5.69 Å². The Balaban J connectivity index is 2.52. The predicted octanol–water partition coefficient (Wildman–Crippen LogP) is 1.41. The molecule has 1 aromatic rings. The van der Waals surface area contributed by atoms with Crippen LogP contribution in [0.1, 0.15) is 0 Å². The first kappa shape index (κ1) is 7.88. The zero-order valence-corrected chi connectivity index (χ0v) is 6.37. The van der Waals surface area contributed by atoms with Crippen LogP contribution in [0, 0.1) is 0 Å². The van der Waals surface area contributed by atoms with Gasteiger partial charge >= 0.3 is 0 Å². The number of benzene rings is 1. The van der Waals surface area contributed by atoms with Gasteiger partial charge in [-0.15, -0.1) is 0 Å². The molecule has 0 amide bonds. The van der Waals surface area contributed by atoms with E-state index < -0.39 is 0 Å². The van der Waals surface area contributed by atoms with Gasteiger partial charge in [-0.25, -0.2) is 0 Å². The first-order valence-corrected chi connectivity index (χ1v) is 3.35. The van der Waals surface area contributed by atoms with Crippen molar-refractivity contribution < 1.29 is 9.84 Å². The molecule has 0 atom stereocenters. The molecule has 0 radical (unpaired) electrons. The highest BCUT2D eigenvalue weighted by atomic mass is 16.5. The summed E-state index contributed by atoms with van der Waals surface area (Å²) in [5.41, 5.74) is 0.935. The standard InChI is InChI=1S/C8H11NO2/c1-11-6-9-7-2-4-8(10)5-3-7/h2-5,9-10H,6H2,1H3. The molecule has 60 valence electrons. The SMILES string of the molecule is COCNc1ccc(O)cc1. The fourth-order valence-corrected chi connectivity index (χ4v) is 0.735. The highest BCUT2D eigenvalue weighted by Gasteiger charge is 1.89. The molecule has 0 bridgehead atoms. The van der Waals surface area contributed by atoms with Crippen LogP contribution in [0.3, 0.4) is 0 Å². The van der Waals surface area contributed by atoms with E-state index in [1.807, 2.05) is 0 Å². The van der Waals surface area contributed by atoms with Crippen LogP contribution in [-0.4, -0.2) is 18.9 Å². The number of anilines is 1. The van der Waals surface area contributed by atoms with Crippen LogP contribution < -0.4 is 5.32 Å². The van der Waals surface area contributed by atoms with E-state index in [0.717, 1.165) is 5.69 Å². The summed E-state index contributed by atoms with van der Waals surface area (Å²) in [5, 5.41) is 11.9. The molecule has 3 heteroatoms. The number of ether oxygens (including phenoxy) is 1. The topological polar surface area (TPSA) is 41.5 Å². The van der Waals surface area contributed by atoms with E-state index in [1.54, 1.807) is 31.4 Å². The van der Waals surface area contributed by atoms with Gasteiger partial charge < -0.3 is 15.2 Å². The number of nitrogens with one attached hydrogen (secondary N) is 1. The van der Waals surface area contributed by atoms with Crippen LogP contribution in [0.5, 0.6) is 5.75 Å². The Morgan fingerprint density at radius 2 is 2.00 bits per heavy atom. The van der Waals surface area contributed by atoms with Gasteiger partial charge in [0, 0.05) is 12.8 Å². The van der Waals surface area contributed by atoms with Crippen molar-refractivity contribution in [2.24, 2.45) is 0 Å². The van der Waals surface area contributed by atoms with E-state index in [1.165, 1.54) is 0 Å². The van der Waals surface area contributed by atoms with E-state index in [0.29, 0.717) is 6.73 Å². The van der Waals surface area contributed by atoms with E-state index >= 15 is 0 Å². The first-order valence-electron chi connectivity index (χ1n) is 3.35. The van der Waals surface area contributed by atoms with Crippen LogP contribution >= 0.6 is 0 Å². The van der Waals surface area contributed by atoms with Crippen molar-refractivity contribution in [3.05, 3.63) is 24.3 Å². The van der Waals surface area contributed by atoms with Gasteiger partial charge in [-0.05, 0) is 24.3 Å². The van der Waals surface area contributed by atoms with Crippen LogP contribution in [0.25, 0.3) is 0 Å². The average molecular weight is 153 g/mol. The van der Waals surface area contributed by atoms with Gasteiger partial charge in [0.05, 0.1) is 0 Å². The molecule has 1 rings (SSSR count). The largest absolute Gasteiger partial charge is 0.508 e. The Labute approximate surface area is 65.6 Å². The van der Waals surface area contributed by atoms with E-state index in [-0.39, 0.29) is 5.75 Å². The third-order valence-electron chi connectivity index (χ3n) is 1.29. The molecule has 1 aromatic carbocycles. The zero-order valence-electron chi connectivity index (χ0n) is 6.37. The van der Waals surface area contributed by atoms with E-state index in [2.05, 4.69) is 5.32 Å². The Bertz CT molecular complexity index is 208. The summed E-state index contributed by atoms with van der Waals surface area (Å²) in [6.45, 7) is 0.477. The van der Waals surface area contributed by atoms with E-state index in [4.69, 9.17) is 9.84 Å². The lowest BCUT2D eigenvalue weighted by Gasteiger charge is -2.03. The second-order valence-corrected chi connectivity index (χ2v) is 2.16. The Morgan fingerprint density at radius 3 is 2.55 bits per heavy atom. The van der Waals surface area contributed by atoms with Crippen LogP contribution in [-0.2, 0) is 4.74 Å². The zero-order chi connectivity index (χ0) is 8.10. The Hall–Kier alpha value is -1.22. The quantitative estimate of drug-likeness (QED) is 0.509. The van der Waals surface area contributed by atoms with Gasteiger partial charge in [-0.1, -0.05) is 0 Å². The minimum atomic E-state index is 0.271. The summed E-state index contributed by atoms with van der Waals surface area (Å²) in [4.78, 5) is 0. The molecule has 0 heterocycles. The lowest BCUT2D eigenvalue weighted by molar-refractivity contribution is 0.221. The average Bonchev–Trinajstić information content (AvgIpc) is 2.04. The molecule has 0 spiro atoms. The molecule has 0 fully saturated rings. The molecule has 0 saturated carbocycles. The molecule has 0 aliphatic rings. The number of hydrogen-bond donors (Lipinski definition) is 2. The van der Waals surface area contributed by atoms with Crippen molar-refractivity contribution in [3.63, 3.8) is 0 Å². The van der Waals surface area contributed by atoms with Gasteiger partial charge in [-0.2, -0.15) is 0 Å². The molecular weight excluding hydrogens is 142 g/mol. The number of phenols is 1. The number of phenolic OH excluding ortho intramolecular Hbond substituents is 1. The van der Waals surface area contributed by atoms with Crippen molar-refractivity contribution in [1.82, 2.24) is 0 Å². The van der Waals surface area contributed by atoms with Gasteiger partial charge in [0.25, 0.3) is 0 Å². The second-order valence-electron chi connectivity index (χ2n) is 2.16. The summed E-state index contributed by atoms with van der Waals surface area (Å²) in [5.74, 6) is 0.271. The van der Waals surface area contributed by atoms with Gasteiger partial charge in [0.1, 0.15) is 12.5 Å². The molecule has 0 saturated heterocycles. The summed E-state index contributed by atoms with van der Waals surface area (Å²) in [6.07, 6.45) is 0.